The number of nitrogens with zero attached hydrogens (tertiary/aromatic N) is 3. The van der Waals surface area contributed by atoms with Crippen LogP contribution in [-0.4, -0.2) is 41.8 Å². The minimum absolute atomic E-state index is 0.318. The van der Waals surface area contributed by atoms with Crippen LogP contribution in [0.25, 0.3) is 5.57 Å². The third kappa shape index (κ3) is 3.69. The molecule has 22 heavy (non-hydrogen) atoms. The van der Waals surface area contributed by atoms with E-state index >= 15 is 0 Å². The minimum atomic E-state index is -0.395. The van der Waals surface area contributed by atoms with Gasteiger partial charge in [-0.1, -0.05) is 30.3 Å². The highest BCUT2D eigenvalue weighted by Gasteiger charge is 2.17. The van der Waals surface area contributed by atoms with Gasteiger partial charge < -0.3 is 9.64 Å². The first-order valence-electron chi connectivity index (χ1n) is 7.05. The number of hydrogen-bond donors (Lipinski definition) is 0. The number of carbonyl (C=O) groups is 1. The molecule has 0 bridgehead atoms. The predicted molar refractivity (Wildman–Crippen MR) is 85.2 cm³/mol. The van der Waals surface area contributed by atoms with Crippen molar-refractivity contribution in [3.63, 3.8) is 0 Å². The number of ether oxygens (including phenoxy) is 1. The highest BCUT2D eigenvalue weighted by atomic mass is 16.5. The molecule has 2 rings (SSSR count). The lowest BCUT2D eigenvalue weighted by atomic mass is 9.97. The summed E-state index contributed by atoms with van der Waals surface area (Å²) < 4.78 is 5.11. The normalized spacial score (nSPS) is 11.1. The molecule has 0 unspecified atom stereocenters. The zero-order valence-electron chi connectivity index (χ0n) is 13.0. The molecule has 0 aliphatic carbocycles. The first-order valence-corrected chi connectivity index (χ1v) is 7.05. The van der Waals surface area contributed by atoms with Crippen molar-refractivity contribution in [1.29, 1.82) is 0 Å². The largest absolute Gasteiger partial charge is 0.462 e. The van der Waals surface area contributed by atoms with E-state index in [1.54, 1.807) is 13.1 Å². The van der Waals surface area contributed by atoms with Crippen LogP contribution in [0.5, 0.6) is 0 Å². The Morgan fingerprint density at radius 2 is 1.77 bits per heavy atom. The monoisotopic (exact) mass is 297 g/mol. The van der Waals surface area contributed by atoms with Gasteiger partial charge in [-0.15, -0.1) is 0 Å². The summed E-state index contributed by atoms with van der Waals surface area (Å²) in [4.78, 5) is 14.1. The average molecular weight is 297 g/mol. The van der Waals surface area contributed by atoms with Crippen LogP contribution in [0.1, 0.15) is 28.4 Å². The van der Waals surface area contributed by atoms with Gasteiger partial charge in [0.25, 0.3) is 0 Å². The van der Waals surface area contributed by atoms with Crippen molar-refractivity contribution >= 4 is 11.5 Å². The van der Waals surface area contributed by atoms with Crippen LogP contribution in [0.15, 0.2) is 48.9 Å². The van der Waals surface area contributed by atoms with E-state index in [0.29, 0.717) is 17.7 Å². The fourth-order valence-corrected chi connectivity index (χ4v) is 2.08. The molecular formula is C17H19N3O2. The first-order chi connectivity index (χ1) is 10.6. The number of esters is 1. The maximum atomic E-state index is 12.2. The molecule has 0 atom stereocenters. The molecule has 5 nitrogen and oxygen atoms in total. The molecule has 1 heterocycles. The van der Waals surface area contributed by atoms with Crippen molar-refractivity contribution in [2.24, 2.45) is 0 Å². The summed E-state index contributed by atoms with van der Waals surface area (Å²) in [5.74, 6) is -0.395. The Kier molecular flexibility index (Phi) is 5.25. The molecule has 5 heteroatoms. The number of hydrogen-bond acceptors (Lipinski definition) is 5. The van der Waals surface area contributed by atoms with Crippen LogP contribution in [0.3, 0.4) is 0 Å². The van der Waals surface area contributed by atoms with Crippen molar-refractivity contribution in [2.75, 3.05) is 20.7 Å². The van der Waals surface area contributed by atoms with Crippen LogP contribution in [0, 0.1) is 0 Å². The topological polar surface area (TPSA) is 55.3 Å². The third-order valence-electron chi connectivity index (χ3n) is 2.99. The van der Waals surface area contributed by atoms with E-state index < -0.39 is 5.97 Å². The summed E-state index contributed by atoms with van der Waals surface area (Å²) in [6, 6.07) is 9.85. The Morgan fingerprint density at radius 1 is 1.14 bits per heavy atom. The third-order valence-corrected chi connectivity index (χ3v) is 2.99. The number of aromatic nitrogens is 2. The fraction of sp³-hybridized carbons (Fsp3) is 0.235. The summed E-state index contributed by atoms with van der Waals surface area (Å²) >= 11 is 0. The number of benzene rings is 1. The maximum Gasteiger partial charge on any atom is 0.340 e. The van der Waals surface area contributed by atoms with Gasteiger partial charge in [0.15, 0.2) is 0 Å². The molecule has 1 aromatic heterocycles. The summed E-state index contributed by atoms with van der Waals surface area (Å²) in [5.41, 5.74) is 3.00. The molecule has 0 fully saturated rings. The van der Waals surface area contributed by atoms with Crippen molar-refractivity contribution < 1.29 is 9.53 Å². The van der Waals surface area contributed by atoms with Gasteiger partial charge in [0, 0.05) is 31.4 Å². The Labute approximate surface area is 130 Å². The van der Waals surface area contributed by atoms with Crippen LogP contribution in [0.4, 0.5) is 0 Å². The van der Waals surface area contributed by atoms with Crippen molar-refractivity contribution in [1.82, 2.24) is 15.1 Å². The second kappa shape index (κ2) is 7.36. The molecule has 0 N–H and O–H groups in total. The Balaban J connectivity index is 2.57. The molecule has 114 valence electrons. The van der Waals surface area contributed by atoms with E-state index in [4.69, 9.17) is 4.74 Å². The van der Waals surface area contributed by atoms with Gasteiger partial charge in [0.05, 0.1) is 24.6 Å². The molecule has 0 spiro atoms. The van der Waals surface area contributed by atoms with Gasteiger partial charge in [0.2, 0.25) is 0 Å². The summed E-state index contributed by atoms with van der Waals surface area (Å²) in [7, 11) is 3.86. The zero-order chi connectivity index (χ0) is 15.9. The van der Waals surface area contributed by atoms with Gasteiger partial charge >= 0.3 is 5.97 Å². The Bertz CT molecular complexity index is 667. The molecule has 0 amide bonds. The van der Waals surface area contributed by atoms with Gasteiger partial charge in [-0.2, -0.15) is 10.2 Å². The van der Waals surface area contributed by atoms with Gasteiger partial charge in [-0.05, 0) is 12.5 Å². The van der Waals surface area contributed by atoms with E-state index in [1.165, 1.54) is 6.20 Å². The molecule has 0 radical (unpaired) electrons. The Morgan fingerprint density at radius 3 is 2.36 bits per heavy atom. The molecule has 2 aromatic rings. The number of carbonyl (C=O) groups excluding carboxylic acids is 1. The highest BCUT2D eigenvalue weighted by Crippen LogP contribution is 2.26. The SMILES string of the molecule is CCOC(=O)c1cnncc1/C(=C/N(C)C)c1ccccc1. The van der Waals surface area contributed by atoms with E-state index in [0.717, 1.165) is 11.1 Å². The summed E-state index contributed by atoms with van der Waals surface area (Å²) in [6.07, 6.45) is 4.99. The number of rotatable bonds is 5. The molecule has 0 aliphatic heterocycles. The quantitative estimate of drug-likeness (QED) is 0.794. The van der Waals surface area contributed by atoms with E-state index in [2.05, 4.69) is 10.2 Å². The van der Waals surface area contributed by atoms with Crippen molar-refractivity contribution in [3.8, 4) is 0 Å². The van der Waals surface area contributed by atoms with Crippen LogP contribution >= 0.6 is 0 Å². The van der Waals surface area contributed by atoms with Crippen LogP contribution in [0.2, 0.25) is 0 Å². The van der Waals surface area contributed by atoms with E-state index in [9.17, 15) is 4.79 Å². The lowest BCUT2D eigenvalue weighted by Gasteiger charge is -2.15. The molecule has 1 aromatic carbocycles. The summed E-state index contributed by atoms with van der Waals surface area (Å²) in [5, 5.41) is 7.74. The van der Waals surface area contributed by atoms with Gasteiger partial charge in [-0.25, -0.2) is 4.79 Å². The lowest BCUT2D eigenvalue weighted by molar-refractivity contribution is 0.0525. The second-order valence-electron chi connectivity index (χ2n) is 4.91. The molecule has 0 aliphatic rings. The van der Waals surface area contributed by atoms with Crippen LogP contribution in [-0.2, 0) is 4.74 Å². The minimum Gasteiger partial charge on any atom is -0.462 e. The maximum absolute atomic E-state index is 12.2. The summed E-state index contributed by atoms with van der Waals surface area (Å²) in [6.45, 7) is 2.10. The van der Waals surface area contributed by atoms with Crippen molar-refractivity contribution in [3.05, 3.63) is 65.6 Å². The molecular weight excluding hydrogens is 278 g/mol. The zero-order valence-corrected chi connectivity index (χ0v) is 13.0. The lowest BCUT2D eigenvalue weighted by Crippen LogP contribution is -2.11. The second-order valence-corrected chi connectivity index (χ2v) is 4.91. The first kappa shape index (κ1) is 15.7. The predicted octanol–water partition coefficient (Wildman–Crippen LogP) is 2.60. The van der Waals surface area contributed by atoms with E-state index in [-0.39, 0.29) is 0 Å². The van der Waals surface area contributed by atoms with Gasteiger partial charge in [0.1, 0.15) is 0 Å². The average Bonchev–Trinajstić information content (AvgIpc) is 2.53. The Hall–Kier alpha value is -2.69. The smallest absolute Gasteiger partial charge is 0.340 e. The van der Waals surface area contributed by atoms with Crippen molar-refractivity contribution in [2.45, 2.75) is 6.92 Å². The van der Waals surface area contributed by atoms with E-state index in [1.807, 2.05) is 55.5 Å². The molecule has 0 saturated heterocycles. The molecule has 0 saturated carbocycles. The van der Waals surface area contributed by atoms with Crippen LogP contribution < -0.4 is 0 Å². The fourth-order valence-electron chi connectivity index (χ4n) is 2.08. The van der Waals surface area contributed by atoms with Gasteiger partial charge in [-0.3, -0.25) is 0 Å². The standard InChI is InChI=1S/C17H19N3O2/c1-4-22-17(21)15-11-19-18-10-14(15)16(12-20(2)3)13-8-6-5-7-9-13/h5-12H,4H2,1-3H3/b16-12+. The highest BCUT2D eigenvalue weighted by molar-refractivity contribution is 5.97.